The number of carbonyl (C=O) groups excluding carboxylic acids is 1. The lowest BCUT2D eigenvalue weighted by atomic mass is 9.99. The molecule has 0 saturated carbocycles. The minimum atomic E-state index is 0.0967. The number of ketones is 1. The summed E-state index contributed by atoms with van der Waals surface area (Å²) in [4.78, 5) is 11.9. The maximum atomic E-state index is 11.9. The van der Waals surface area contributed by atoms with Crippen LogP contribution in [-0.4, -0.2) is 71.7 Å². The maximum Gasteiger partial charge on any atom is 0.161 e. The zero-order valence-electron chi connectivity index (χ0n) is 20.1. The fraction of sp³-hybridized carbons (Fsp3) is 0.958. The first kappa shape index (κ1) is 29.5. The van der Waals surface area contributed by atoms with Crippen LogP contribution < -0.4 is 5.32 Å². The van der Waals surface area contributed by atoms with Gasteiger partial charge in [-0.25, -0.2) is 0 Å². The van der Waals surface area contributed by atoms with E-state index in [4.69, 9.17) is 18.9 Å². The molecule has 0 aromatic heterocycles. The number of hydrogen-bond acceptors (Lipinski definition) is 6. The summed E-state index contributed by atoms with van der Waals surface area (Å²) in [5, 5.41) is 3.40. The van der Waals surface area contributed by atoms with Crippen molar-refractivity contribution < 1.29 is 23.7 Å². The van der Waals surface area contributed by atoms with Crippen molar-refractivity contribution in [1.29, 1.82) is 0 Å². The number of Topliss-reactive ketones (excluding diaryl/α,β-unsaturated/α-hetero) is 1. The number of ether oxygens (including phenoxy) is 4. The monoisotopic (exact) mass is 431 g/mol. The van der Waals surface area contributed by atoms with Gasteiger partial charge in [-0.15, -0.1) is 0 Å². The molecule has 1 N–H and O–H groups in total. The van der Waals surface area contributed by atoms with E-state index in [1.165, 1.54) is 44.9 Å². The Bertz CT molecular complexity index is 354. The molecule has 0 aliphatic heterocycles. The van der Waals surface area contributed by atoms with Crippen molar-refractivity contribution in [2.24, 2.45) is 5.92 Å². The fourth-order valence-corrected chi connectivity index (χ4v) is 2.96. The molecule has 30 heavy (non-hydrogen) atoms. The number of carbonyl (C=O) groups is 1. The minimum absolute atomic E-state index is 0.0967. The highest BCUT2D eigenvalue weighted by atomic mass is 16.6. The molecule has 0 amide bonds. The Morgan fingerprint density at radius 1 is 0.667 bits per heavy atom. The lowest BCUT2D eigenvalue weighted by Crippen LogP contribution is -2.22. The Hall–Kier alpha value is -0.530. The van der Waals surface area contributed by atoms with Crippen molar-refractivity contribution in [2.45, 2.75) is 78.6 Å². The minimum Gasteiger partial charge on any atom is -0.378 e. The quantitative estimate of drug-likeness (QED) is 0.216. The normalized spacial score (nSPS) is 12.4. The summed E-state index contributed by atoms with van der Waals surface area (Å²) in [6.07, 6.45) is 11.0. The Balaban J connectivity index is 3.17. The van der Waals surface area contributed by atoms with Gasteiger partial charge >= 0.3 is 0 Å². The topological polar surface area (TPSA) is 66.0 Å². The highest BCUT2D eigenvalue weighted by Gasteiger charge is 2.12. The smallest absolute Gasteiger partial charge is 0.161 e. The van der Waals surface area contributed by atoms with Crippen LogP contribution >= 0.6 is 0 Å². The predicted octanol–water partition coefficient (Wildman–Crippen LogP) is 4.40. The van der Waals surface area contributed by atoms with E-state index in [9.17, 15) is 4.79 Å². The molecule has 180 valence electrons. The molecular weight excluding hydrogens is 382 g/mol. The van der Waals surface area contributed by atoms with Crippen LogP contribution in [0.25, 0.3) is 0 Å². The molecule has 0 saturated heterocycles. The summed E-state index contributed by atoms with van der Waals surface area (Å²) in [7, 11) is 0. The lowest BCUT2D eigenvalue weighted by molar-refractivity contribution is -0.127. The first-order chi connectivity index (χ1) is 14.7. The second-order valence-electron chi connectivity index (χ2n) is 7.92. The molecule has 6 nitrogen and oxygen atoms in total. The molecule has 6 heteroatoms. The third-order valence-electron chi connectivity index (χ3n) is 5.03. The van der Waals surface area contributed by atoms with Crippen molar-refractivity contribution in [3.05, 3.63) is 0 Å². The van der Waals surface area contributed by atoms with Gasteiger partial charge in [0, 0.05) is 12.5 Å². The zero-order chi connectivity index (χ0) is 22.1. The Labute approximate surface area is 185 Å². The van der Waals surface area contributed by atoms with Crippen molar-refractivity contribution >= 4 is 5.78 Å². The van der Waals surface area contributed by atoms with Gasteiger partial charge in [0.1, 0.15) is 6.61 Å². The van der Waals surface area contributed by atoms with Gasteiger partial charge in [-0.3, -0.25) is 4.79 Å². The summed E-state index contributed by atoms with van der Waals surface area (Å²) in [5.41, 5.74) is 0. The van der Waals surface area contributed by atoms with Crippen molar-refractivity contribution in [1.82, 2.24) is 5.32 Å². The van der Waals surface area contributed by atoms with E-state index in [1.807, 2.05) is 6.92 Å². The number of nitrogens with one attached hydrogen (secondary N) is 1. The molecule has 0 aromatic carbocycles. The summed E-state index contributed by atoms with van der Waals surface area (Å²) < 4.78 is 21.9. The van der Waals surface area contributed by atoms with Crippen LogP contribution in [0.2, 0.25) is 0 Å². The fourth-order valence-electron chi connectivity index (χ4n) is 2.96. The first-order valence-electron chi connectivity index (χ1n) is 12.3. The van der Waals surface area contributed by atoms with Gasteiger partial charge in [0.25, 0.3) is 0 Å². The van der Waals surface area contributed by atoms with Gasteiger partial charge in [0.05, 0.1) is 46.2 Å². The van der Waals surface area contributed by atoms with Crippen LogP contribution in [0.5, 0.6) is 0 Å². The summed E-state index contributed by atoms with van der Waals surface area (Å²) in [5.74, 6) is 0.288. The molecule has 0 aliphatic carbocycles. The summed E-state index contributed by atoms with van der Waals surface area (Å²) in [6, 6.07) is 0. The van der Waals surface area contributed by atoms with Gasteiger partial charge in [-0.1, -0.05) is 65.7 Å². The third-order valence-corrected chi connectivity index (χ3v) is 5.03. The van der Waals surface area contributed by atoms with Crippen molar-refractivity contribution in [3.8, 4) is 0 Å². The Morgan fingerprint density at radius 2 is 1.20 bits per heavy atom. The standard InChI is InChI=1S/C24H49NO5/c1-4-6-8-9-11-13-25-14-15-27-16-17-28-18-19-29-20-21-30-22-24(26)23(3)12-10-7-5-2/h23,25H,4-22H2,1-3H3. The largest absolute Gasteiger partial charge is 0.378 e. The molecule has 0 rings (SSSR count). The third kappa shape index (κ3) is 22.2. The molecule has 0 aliphatic rings. The maximum absolute atomic E-state index is 11.9. The zero-order valence-corrected chi connectivity index (χ0v) is 20.1. The molecule has 0 heterocycles. The van der Waals surface area contributed by atoms with Crippen molar-refractivity contribution in [2.75, 3.05) is 65.9 Å². The number of rotatable bonds is 25. The molecule has 0 bridgehead atoms. The van der Waals surface area contributed by atoms with Gasteiger partial charge in [0.15, 0.2) is 5.78 Å². The van der Waals surface area contributed by atoms with E-state index in [0.29, 0.717) is 39.6 Å². The molecule has 0 radical (unpaired) electrons. The predicted molar refractivity (Wildman–Crippen MR) is 123 cm³/mol. The van der Waals surface area contributed by atoms with E-state index in [0.717, 1.165) is 32.5 Å². The van der Waals surface area contributed by atoms with Gasteiger partial charge in [-0.2, -0.15) is 0 Å². The lowest BCUT2D eigenvalue weighted by Gasteiger charge is -2.11. The van der Waals surface area contributed by atoms with Gasteiger partial charge in [0.2, 0.25) is 0 Å². The molecular formula is C24H49NO5. The van der Waals surface area contributed by atoms with E-state index in [2.05, 4.69) is 19.2 Å². The highest BCUT2D eigenvalue weighted by Crippen LogP contribution is 2.10. The van der Waals surface area contributed by atoms with E-state index in [1.54, 1.807) is 0 Å². The molecule has 0 spiro atoms. The Kier molecular flexibility index (Phi) is 24.3. The molecule has 1 unspecified atom stereocenters. The summed E-state index contributed by atoms with van der Waals surface area (Å²) in [6.45, 7) is 12.5. The second-order valence-corrected chi connectivity index (χ2v) is 7.92. The van der Waals surface area contributed by atoms with E-state index < -0.39 is 0 Å². The summed E-state index contributed by atoms with van der Waals surface area (Å²) >= 11 is 0. The van der Waals surface area contributed by atoms with Crippen LogP contribution in [0, 0.1) is 5.92 Å². The average molecular weight is 432 g/mol. The first-order valence-corrected chi connectivity index (χ1v) is 12.3. The van der Waals surface area contributed by atoms with Crippen LogP contribution in [-0.2, 0) is 23.7 Å². The van der Waals surface area contributed by atoms with E-state index in [-0.39, 0.29) is 18.3 Å². The highest BCUT2D eigenvalue weighted by molar-refractivity contribution is 5.81. The molecule has 0 aromatic rings. The second kappa shape index (κ2) is 24.7. The van der Waals surface area contributed by atoms with Gasteiger partial charge in [-0.05, 0) is 19.4 Å². The van der Waals surface area contributed by atoms with Crippen molar-refractivity contribution in [3.63, 3.8) is 0 Å². The molecule has 0 fully saturated rings. The average Bonchev–Trinajstić information content (AvgIpc) is 2.75. The van der Waals surface area contributed by atoms with Crippen LogP contribution in [0.1, 0.15) is 78.6 Å². The van der Waals surface area contributed by atoms with Crippen LogP contribution in [0.3, 0.4) is 0 Å². The van der Waals surface area contributed by atoms with Gasteiger partial charge < -0.3 is 24.3 Å². The van der Waals surface area contributed by atoms with Crippen LogP contribution in [0.15, 0.2) is 0 Å². The number of unbranched alkanes of at least 4 members (excludes halogenated alkanes) is 6. The SMILES string of the molecule is CCCCCCCNCCOCCOCCOCCOCC(=O)C(C)CCCCC. The Morgan fingerprint density at radius 3 is 1.83 bits per heavy atom. The molecule has 1 atom stereocenters. The van der Waals surface area contributed by atoms with Crippen LogP contribution in [0.4, 0.5) is 0 Å². The van der Waals surface area contributed by atoms with E-state index >= 15 is 0 Å². The number of hydrogen-bond donors (Lipinski definition) is 1.